The third-order valence-corrected chi connectivity index (χ3v) is 6.11. The summed E-state index contributed by atoms with van der Waals surface area (Å²) in [6.07, 6.45) is 5.87. The molecule has 1 heterocycles. The van der Waals surface area contributed by atoms with Gasteiger partial charge in [-0.05, 0) is 50.5 Å². The highest BCUT2D eigenvalue weighted by Gasteiger charge is 2.18. The molecule has 0 atom stereocenters. The van der Waals surface area contributed by atoms with Crippen LogP contribution in [0.3, 0.4) is 0 Å². The fraction of sp³-hybridized carbons (Fsp3) is 0.550. The van der Waals surface area contributed by atoms with Gasteiger partial charge in [-0.2, -0.15) is 0 Å². The van der Waals surface area contributed by atoms with E-state index in [4.69, 9.17) is 16.3 Å². The zero-order valence-corrected chi connectivity index (χ0v) is 18.0. The van der Waals surface area contributed by atoms with E-state index in [0.29, 0.717) is 23.4 Å². The molecule has 6 nitrogen and oxygen atoms in total. The third-order valence-electron chi connectivity index (χ3n) is 4.91. The summed E-state index contributed by atoms with van der Waals surface area (Å²) < 4.78 is 7.88. The molecule has 1 aromatic carbocycles. The molecule has 28 heavy (non-hydrogen) atoms. The standard InChI is InChI=1S/C20H27ClN4O2S/c1-3-25-18(12-27-17-10-9-15(21)11-14(17)2)23-24-20(25)28-13-19(26)22-16-7-5-4-6-8-16/h9-11,16H,3-8,12-13H2,1-2H3,(H,22,26). The summed E-state index contributed by atoms with van der Waals surface area (Å²) in [5.74, 6) is 1.94. The van der Waals surface area contributed by atoms with Crippen molar-refractivity contribution in [2.24, 2.45) is 0 Å². The Balaban J connectivity index is 1.54. The van der Waals surface area contributed by atoms with Crippen LogP contribution in [-0.4, -0.2) is 32.5 Å². The summed E-state index contributed by atoms with van der Waals surface area (Å²) in [5, 5.41) is 13.1. The first kappa shape index (κ1) is 21.0. The van der Waals surface area contributed by atoms with Crippen LogP contribution in [0.15, 0.2) is 23.4 Å². The van der Waals surface area contributed by atoms with E-state index in [1.54, 1.807) is 6.07 Å². The SMILES string of the molecule is CCn1c(COc2ccc(Cl)cc2C)nnc1SCC(=O)NC1CCCCC1. The topological polar surface area (TPSA) is 69.0 Å². The molecule has 152 valence electrons. The Morgan fingerprint density at radius 1 is 1.32 bits per heavy atom. The van der Waals surface area contributed by atoms with Gasteiger partial charge in [0, 0.05) is 17.6 Å². The first-order valence-electron chi connectivity index (χ1n) is 9.80. The van der Waals surface area contributed by atoms with Crippen molar-refractivity contribution in [3.05, 3.63) is 34.6 Å². The van der Waals surface area contributed by atoms with Crippen molar-refractivity contribution in [3.8, 4) is 5.75 Å². The summed E-state index contributed by atoms with van der Waals surface area (Å²) in [6, 6.07) is 5.86. The lowest BCUT2D eigenvalue weighted by Gasteiger charge is -2.22. The molecule has 0 radical (unpaired) electrons. The lowest BCUT2D eigenvalue weighted by Crippen LogP contribution is -2.37. The van der Waals surface area contributed by atoms with E-state index in [9.17, 15) is 4.79 Å². The van der Waals surface area contributed by atoms with Crippen LogP contribution in [-0.2, 0) is 17.9 Å². The minimum atomic E-state index is 0.0668. The summed E-state index contributed by atoms with van der Waals surface area (Å²) >= 11 is 7.41. The normalized spacial score (nSPS) is 14.8. The summed E-state index contributed by atoms with van der Waals surface area (Å²) in [6.45, 7) is 5.03. The number of rotatable bonds is 8. The first-order chi connectivity index (χ1) is 13.6. The Labute approximate surface area is 175 Å². The number of nitrogens with one attached hydrogen (secondary N) is 1. The van der Waals surface area contributed by atoms with Crippen molar-refractivity contribution in [1.82, 2.24) is 20.1 Å². The number of carbonyl (C=O) groups excluding carboxylic acids is 1. The van der Waals surface area contributed by atoms with Gasteiger partial charge in [0.25, 0.3) is 0 Å². The van der Waals surface area contributed by atoms with Crippen LogP contribution < -0.4 is 10.1 Å². The van der Waals surface area contributed by atoms with E-state index < -0.39 is 0 Å². The number of benzene rings is 1. The molecule has 1 aliphatic carbocycles. The Morgan fingerprint density at radius 2 is 2.11 bits per heavy atom. The molecule has 0 unspecified atom stereocenters. The molecule has 1 amide bonds. The average molecular weight is 423 g/mol. The fourth-order valence-corrected chi connectivity index (χ4v) is 4.47. The Morgan fingerprint density at radius 3 is 2.82 bits per heavy atom. The van der Waals surface area contributed by atoms with Crippen LogP contribution in [0.1, 0.15) is 50.4 Å². The Hall–Kier alpha value is -1.73. The minimum absolute atomic E-state index is 0.0668. The molecule has 3 rings (SSSR count). The molecular formula is C20H27ClN4O2S. The van der Waals surface area contributed by atoms with Gasteiger partial charge in [-0.25, -0.2) is 0 Å². The van der Waals surface area contributed by atoms with E-state index in [-0.39, 0.29) is 5.91 Å². The predicted molar refractivity (Wildman–Crippen MR) is 112 cm³/mol. The number of nitrogens with zero attached hydrogens (tertiary/aromatic N) is 3. The number of hydrogen-bond acceptors (Lipinski definition) is 5. The second-order valence-corrected chi connectivity index (χ2v) is 8.41. The second kappa shape index (κ2) is 10.2. The van der Waals surface area contributed by atoms with E-state index >= 15 is 0 Å². The van der Waals surface area contributed by atoms with Gasteiger partial charge < -0.3 is 14.6 Å². The number of hydrogen-bond donors (Lipinski definition) is 1. The molecule has 1 aliphatic rings. The lowest BCUT2D eigenvalue weighted by atomic mass is 9.95. The van der Waals surface area contributed by atoms with E-state index in [0.717, 1.165) is 41.7 Å². The molecule has 2 aromatic rings. The van der Waals surface area contributed by atoms with Gasteiger partial charge in [0.05, 0.1) is 5.75 Å². The maximum absolute atomic E-state index is 12.2. The molecular weight excluding hydrogens is 396 g/mol. The van der Waals surface area contributed by atoms with Crippen LogP contribution in [0.25, 0.3) is 0 Å². The van der Waals surface area contributed by atoms with Gasteiger partial charge in [0.15, 0.2) is 11.0 Å². The van der Waals surface area contributed by atoms with Crippen molar-refractivity contribution < 1.29 is 9.53 Å². The largest absolute Gasteiger partial charge is 0.485 e. The van der Waals surface area contributed by atoms with Crippen LogP contribution in [0.5, 0.6) is 5.75 Å². The van der Waals surface area contributed by atoms with Crippen molar-refractivity contribution in [2.75, 3.05) is 5.75 Å². The smallest absolute Gasteiger partial charge is 0.230 e. The number of ether oxygens (including phenoxy) is 1. The number of aromatic nitrogens is 3. The highest BCUT2D eigenvalue weighted by Crippen LogP contribution is 2.24. The minimum Gasteiger partial charge on any atom is -0.485 e. The molecule has 1 fully saturated rings. The molecule has 0 spiro atoms. The molecule has 8 heteroatoms. The van der Waals surface area contributed by atoms with Gasteiger partial charge in [-0.15, -0.1) is 10.2 Å². The van der Waals surface area contributed by atoms with E-state index in [2.05, 4.69) is 15.5 Å². The van der Waals surface area contributed by atoms with Crippen molar-refractivity contribution in [3.63, 3.8) is 0 Å². The maximum Gasteiger partial charge on any atom is 0.230 e. The van der Waals surface area contributed by atoms with E-state index in [1.807, 2.05) is 30.5 Å². The first-order valence-corrected chi connectivity index (χ1v) is 11.2. The molecule has 1 saturated carbocycles. The molecule has 0 bridgehead atoms. The van der Waals surface area contributed by atoms with E-state index in [1.165, 1.54) is 31.0 Å². The van der Waals surface area contributed by atoms with Crippen LogP contribution >= 0.6 is 23.4 Å². The van der Waals surface area contributed by atoms with Crippen LogP contribution in [0, 0.1) is 6.92 Å². The average Bonchev–Trinajstić information content (AvgIpc) is 3.08. The van der Waals surface area contributed by atoms with Crippen molar-refractivity contribution in [1.29, 1.82) is 0 Å². The number of halogens is 1. The summed E-state index contributed by atoms with van der Waals surface area (Å²) in [7, 11) is 0. The molecule has 0 saturated heterocycles. The Bertz CT molecular complexity index is 805. The second-order valence-electron chi connectivity index (χ2n) is 7.03. The molecule has 1 N–H and O–H groups in total. The fourth-order valence-electron chi connectivity index (χ4n) is 3.41. The zero-order chi connectivity index (χ0) is 19.9. The zero-order valence-electron chi connectivity index (χ0n) is 16.4. The number of carbonyl (C=O) groups is 1. The summed E-state index contributed by atoms with van der Waals surface area (Å²) in [4.78, 5) is 12.2. The van der Waals surface area contributed by atoms with Gasteiger partial charge >= 0.3 is 0 Å². The number of amides is 1. The van der Waals surface area contributed by atoms with Gasteiger partial charge in [0.1, 0.15) is 12.4 Å². The monoisotopic (exact) mass is 422 g/mol. The van der Waals surface area contributed by atoms with Gasteiger partial charge in [-0.1, -0.05) is 42.6 Å². The van der Waals surface area contributed by atoms with Crippen LogP contribution in [0.4, 0.5) is 0 Å². The molecule has 0 aliphatic heterocycles. The molecule has 1 aromatic heterocycles. The number of aryl methyl sites for hydroxylation is 1. The quantitative estimate of drug-likeness (QED) is 0.639. The van der Waals surface area contributed by atoms with Gasteiger partial charge in [0.2, 0.25) is 5.91 Å². The highest BCUT2D eigenvalue weighted by atomic mass is 35.5. The Kier molecular flexibility index (Phi) is 7.62. The van der Waals surface area contributed by atoms with Crippen molar-refractivity contribution in [2.45, 2.75) is 70.3 Å². The predicted octanol–water partition coefficient (Wildman–Crippen LogP) is 4.38. The van der Waals surface area contributed by atoms with Crippen LogP contribution in [0.2, 0.25) is 5.02 Å². The van der Waals surface area contributed by atoms with Crippen molar-refractivity contribution >= 4 is 29.3 Å². The summed E-state index contributed by atoms with van der Waals surface area (Å²) in [5.41, 5.74) is 0.976. The third kappa shape index (κ3) is 5.64. The maximum atomic E-state index is 12.2. The lowest BCUT2D eigenvalue weighted by molar-refractivity contribution is -0.119. The highest BCUT2D eigenvalue weighted by molar-refractivity contribution is 7.99. The van der Waals surface area contributed by atoms with Gasteiger partial charge in [-0.3, -0.25) is 4.79 Å². The number of thioether (sulfide) groups is 1.